The third-order valence-electron chi connectivity index (χ3n) is 4.26. The van der Waals surface area contributed by atoms with E-state index in [2.05, 4.69) is 0 Å². The van der Waals surface area contributed by atoms with E-state index in [4.69, 9.17) is 25.8 Å². The van der Waals surface area contributed by atoms with E-state index < -0.39 is 0 Å². The van der Waals surface area contributed by atoms with E-state index in [1.165, 1.54) is 6.92 Å². The molecular weight excluding hydrogens is 404 g/mol. The number of aldehydes is 1. The fourth-order valence-electron chi connectivity index (χ4n) is 2.80. The lowest BCUT2D eigenvalue weighted by molar-refractivity contribution is -0.141. The van der Waals surface area contributed by atoms with Crippen LogP contribution < -0.4 is 9.47 Å². The number of carbonyl (C=O) groups excluding carboxylic acids is 2. The standard InChI is InChI=1S/C24H21ClO5/c1-17(27)28-11-12-29-22-9-10-23(24(25)14-22)20-4-2-3-19(13-20)16-30-21-7-5-18(15-26)6-8-21/h2-10,13-15H,11-12,16H2,1H3. The summed E-state index contributed by atoms with van der Waals surface area (Å²) in [5.74, 6) is 0.960. The molecular formula is C24H21ClO5. The summed E-state index contributed by atoms with van der Waals surface area (Å²) in [7, 11) is 0. The van der Waals surface area contributed by atoms with Crippen LogP contribution >= 0.6 is 11.6 Å². The quantitative estimate of drug-likeness (QED) is 0.263. The second kappa shape index (κ2) is 10.5. The molecule has 0 radical (unpaired) electrons. The van der Waals surface area contributed by atoms with Crippen molar-refractivity contribution in [3.05, 3.63) is 82.9 Å². The average Bonchev–Trinajstić information content (AvgIpc) is 2.76. The molecule has 3 aromatic carbocycles. The molecule has 30 heavy (non-hydrogen) atoms. The van der Waals surface area contributed by atoms with Gasteiger partial charge in [-0.1, -0.05) is 29.8 Å². The molecule has 0 atom stereocenters. The summed E-state index contributed by atoms with van der Waals surface area (Å²) in [6.07, 6.45) is 0.799. The largest absolute Gasteiger partial charge is 0.490 e. The first-order valence-electron chi connectivity index (χ1n) is 9.38. The monoisotopic (exact) mass is 424 g/mol. The highest BCUT2D eigenvalue weighted by molar-refractivity contribution is 6.33. The molecule has 0 bridgehead atoms. The first-order chi connectivity index (χ1) is 14.5. The van der Waals surface area contributed by atoms with E-state index in [0.29, 0.717) is 28.7 Å². The lowest BCUT2D eigenvalue weighted by Gasteiger charge is -2.11. The topological polar surface area (TPSA) is 61.8 Å². The molecule has 0 spiro atoms. The maximum atomic E-state index is 10.8. The van der Waals surface area contributed by atoms with Gasteiger partial charge in [0, 0.05) is 18.1 Å². The van der Waals surface area contributed by atoms with Crippen LogP contribution in [-0.2, 0) is 16.1 Å². The molecule has 3 rings (SSSR count). The summed E-state index contributed by atoms with van der Waals surface area (Å²) in [6.45, 7) is 2.20. The molecule has 0 aliphatic carbocycles. The SMILES string of the molecule is CC(=O)OCCOc1ccc(-c2cccc(COc3ccc(C=O)cc3)c2)c(Cl)c1. The second-order valence-corrected chi connectivity index (χ2v) is 6.91. The average molecular weight is 425 g/mol. The number of ether oxygens (including phenoxy) is 3. The van der Waals surface area contributed by atoms with Gasteiger partial charge in [0.1, 0.15) is 37.6 Å². The van der Waals surface area contributed by atoms with Crippen molar-refractivity contribution in [1.82, 2.24) is 0 Å². The molecule has 0 aliphatic heterocycles. The van der Waals surface area contributed by atoms with Crippen LogP contribution in [0.1, 0.15) is 22.8 Å². The summed E-state index contributed by atoms with van der Waals surface area (Å²) >= 11 is 6.46. The zero-order valence-corrected chi connectivity index (χ0v) is 17.2. The van der Waals surface area contributed by atoms with Gasteiger partial charge in [-0.15, -0.1) is 0 Å². The van der Waals surface area contributed by atoms with Crippen molar-refractivity contribution in [3.8, 4) is 22.6 Å². The van der Waals surface area contributed by atoms with Crippen molar-refractivity contribution < 1.29 is 23.8 Å². The zero-order chi connectivity index (χ0) is 21.3. The maximum absolute atomic E-state index is 10.8. The third-order valence-corrected chi connectivity index (χ3v) is 4.57. The van der Waals surface area contributed by atoms with Crippen LogP contribution in [0.2, 0.25) is 5.02 Å². The minimum atomic E-state index is -0.339. The minimum Gasteiger partial charge on any atom is -0.490 e. The van der Waals surface area contributed by atoms with Crippen molar-refractivity contribution in [3.63, 3.8) is 0 Å². The van der Waals surface area contributed by atoms with Gasteiger partial charge in [-0.2, -0.15) is 0 Å². The Hall–Kier alpha value is -3.31. The Morgan fingerprint density at radius 1 is 0.933 bits per heavy atom. The lowest BCUT2D eigenvalue weighted by atomic mass is 10.0. The van der Waals surface area contributed by atoms with Crippen LogP contribution in [0, 0.1) is 0 Å². The van der Waals surface area contributed by atoms with Crippen molar-refractivity contribution >= 4 is 23.9 Å². The van der Waals surface area contributed by atoms with Crippen molar-refractivity contribution in [2.75, 3.05) is 13.2 Å². The van der Waals surface area contributed by atoms with Gasteiger partial charge in [0.05, 0.1) is 5.02 Å². The predicted molar refractivity (Wildman–Crippen MR) is 115 cm³/mol. The highest BCUT2D eigenvalue weighted by Crippen LogP contribution is 2.32. The summed E-state index contributed by atoms with van der Waals surface area (Å²) in [5.41, 5.74) is 3.44. The Kier molecular flexibility index (Phi) is 7.46. The Morgan fingerprint density at radius 2 is 1.70 bits per heavy atom. The highest BCUT2D eigenvalue weighted by atomic mass is 35.5. The fraction of sp³-hybridized carbons (Fsp3) is 0.167. The van der Waals surface area contributed by atoms with E-state index in [1.807, 2.05) is 36.4 Å². The second-order valence-electron chi connectivity index (χ2n) is 6.51. The van der Waals surface area contributed by atoms with Gasteiger partial charge >= 0.3 is 5.97 Å². The van der Waals surface area contributed by atoms with E-state index in [0.717, 1.165) is 23.0 Å². The zero-order valence-electron chi connectivity index (χ0n) is 16.5. The third kappa shape index (κ3) is 6.09. The van der Waals surface area contributed by atoms with Gasteiger partial charge in [0.15, 0.2) is 0 Å². The normalized spacial score (nSPS) is 10.3. The summed E-state index contributed by atoms with van der Waals surface area (Å²) in [5, 5.41) is 0.558. The van der Waals surface area contributed by atoms with Crippen molar-refractivity contribution in [2.45, 2.75) is 13.5 Å². The van der Waals surface area contributed by atoms with Gasteiger partial charge in [0.2, 0.25) is 0 Å². The van der Waals surface area contributed by atoms with Crippen molar-refractivity contribution in [1.29, 1.82) is 0 Å². The van der Waals surface area contributed by atoms with Gasteiger partial charge in [-0.3, -0.25) is 9.59 Å². The van der Waals surface area contributed by atoms with Crippen LogP contribution in [0.3, 0.4) is 0 Å². The Bertz CT molecular complexity index is 1010. The number of carbonyl (C=O) groups is 2. The van der Waals surface area contributed by atoms with Crippen LogP contribution in [0.15, 0.2) is 66.7 Å². The van der Waals surface area contributed by atoms with E-state index in [1.54, 1.807) is 30.3 Å². The number of esters is 1. The summed E-state index contributed by atoms with van der Waals surface area (Å²) in [4.78, 5) is 21.5. The molecule has 0 saturated heterocycles. The molecule has 0 fully saturated rings. The molecule has 0 heterocycles. The van der Waals surface area contributed by atoms with Gasteiger partial charge in [-0.25, -0.2) is 0 Å². The lowest BCUT2D eigenvalue weighted by Crippen LogP contribution is -2.09. The number of halogens is 1. The molecule has 0 unspecified atom stereocenters. The van der Waals surface area contributed by atoms with Crippen LogP contribution in [-0.4, -0.2) is 25.5 Å². The molecule has 5 nitrogen and oxygen atoms in total. The first-order valence-corrected chi connectivity index (χ1v) is 9.76. The number of rotatable bonds is 9. The molecule has 0 aromatic heterocycles. The smallest absolute Gasteiger partial charge is 0.302 e. The number of hydrogen-bond donors (Lipinski definition) is 0. The molecule has 3 aromatic rings. The predicted octanol–water partition coefficient (Wildman–Crippen LogP) is 5.34. The highest BCUT2D eigenvalue weighted by Gasteiger charge is 2.07. The Morgan fingerprint density at radius 3 is 2.40 bits per heavy atom. The molecule has 0 aliphatic rings. The Labute approximate surface area is 180 Å². The molecule has 0 amide bonds. The van der Waals surface area contributed by atoms with E-state index >= 15 is 0 Å². The summed E-state index contributed by atoms with van der Waals surface area (Å²) in [6, 6.07) is 20.3. The van der Waals surface area contributed by atoms with Crippen LogP contribution in [0.25, 0.3) is 11.1 Å². The molecule has 154 valence electrons. The fourth-order valence-corrected chi connectivity index (χ4v) is 3.08. The van der Waals surface area contributed by atoms with Crippen LogP contribution in [0.4, 0.5) is 0 Å². The summed E-state index contributed by atoms with van der Waals surface area (Å²) < 4.78 is 16.2. The van der Waals surface area contributed by atoms with Crippen molar-refractivity contribution in [2.24, 2.45) is 0 Å². The number of benzene rings is 3. The van der Waals surface area contributed by atoms with Gasteiger partial charge in [0.25, 0.3) is 0 Å². The van der Waals surface area contributed by atoms with Gasteiger partial charge < -0.3 is 14.2 Å². The molecule has 0 saturated carbocycles. The first kappa shape index (κ1) is 21.4. The van der Waals surface area contributed by atoms with Crippen LogP contribution in [0.5, 0.6) is 11.5 Å². The molecule has 0 N–H and O–H groups in total. The maximum Gasteiger partial charge on any atom is 0.302 e. The van der Waals surface area contributed by atoms with E-state index in [9.17, 15) is 9.59 Å². The minimum absolute atomic E-state index is 0.189. The molecule has 6 heteroatoms. The van der Waals surface area contributed by atoms with E-state index in [-0.39, 0.29) is 19.2 Å². The Balaban J connectivity index is 1.64. The number of hydrogen-bond acceptors (Lipinski definition) is 5. The van der Waals surface area contributed by atoms with Gasteiger partial charge in [-0.05, 0) is 59.7 Å².